The molecule has 0 aliphatic rings. The summed E-state index contributed by atoms with van der Waals surface area (Å²) in [5.41, 5.74) is -0.0531. The lowest BCUT2D eigenvalue weighted by Gasteiger charge is -2.42. The van der Waals surface area contributed by atoms with E-state index in [1.54, 1.807) is 52.8 Å². The van der Waals surface area contributed by atoms with Crippen LogP contribution < -0.4 is 5.32 Å². The summed E-state index contributed by atoms with van der Waals surface area (Å²) < 4.78 is 10.5. The molecule has 0 aromatic heterocycles. The number of amides is 3. The summed E-state index contributed by atoms with van der Waals surface area (Å²) in [5.74, 6) is -1.31. The second kappa shape index (κ2) is 14.4. The molecule has 9 heteroatoms. The maximum atomic E-state index is 14.3. The average Bonchev–Trinajstić information content (AvgIpc) is 2.86. The van der Waals surface area contributed by atoms with Crippen LogP contribution in [0.25, 0.3) is 0 Å². The molecular weight excluding hydrogens is 546 g/mol. The molecule has 242 valence electrons. The molecule has 0 radical (unpaired) electrons. The highest BCUT2D eigenvalue weighted by Gasteiger charge is 2.46. The molecule has 0 aliphatic carbocycles. The lowest BCUT2D eigenvalue weighted by Crippen LogP contribution is -2.63. The Morgan fingerprint density at radius 1 is 0.930 bits per heavy atom. The number of esters is 1. The van der Waals surface area contributed by atoms with Crippen molar-refractivity contribution in [3.8, 4) is 0 Å². The van der Waals surface area contributed by atoms with Gasteiger partial charge in [0.25, 0.3) is 0 Å². The molecule has 1 aromatic rings. The van der Waals surface area contributed by atoms with E-state index < -0.39 is 52.5 Å². The second-order valence-corrected chi connectivity index (χ2v) is 14.4. The summed E-state index contributed by atoms with van der Waals surface area (Å²) in [6.45, 7) is 22.3. The molecule has 0 saturated carbocycles. The number of methoxy groups -OCH3 is 1. The third-order valence-corrected chi connectivity index (χ3v) is 7.57. The van der Waals surface area contributed by atoms with Crippen molar-refractivity contribution in [2.24, 2.45) is 11.3 Å². The Hall–Kier alpha value is -3.36. The predicted octanol–water partition coefficient (Wildman–Crippen LogP) is 5.64. The van der Waals surface area contributed by atoms with E-state index in [2.05, 4.69) is 5.32 Å². The summed E-state index contributed by atoms with van der Waals surface area (Å²) in [7, 11) is 4.53. The Labute approximate surface area is 259 Å². The normalized spacial score (nSPS) is 14.8. The van der Waals surface area contributed by atoms with Crippen LogP contribution in [0.2, 0.25) is 0 Å². The molecule has 1 N–H and O–H groups in total. The lowest BCUT2D eigenvalue weighted by molar-refractivity contribution is -0.142. The predicted molar refractivity (Wildman–Crippen MR) is 171 cm³/mol. The topological polar surface area (TPSA) is 105 Å². The maximum Gasteiger partial charge on any atom is 0.410 e. The number of ether oxygens (including phenoxy) is 2. The van der Waals surface area contributed by atoms with Crippen LogP contribution in [-0.4, -0.2) is 78.6 Å². The minimum absolute atomic E-state index is 0.0313. The van der Waals surface area contributed by atoms with Gasteiger partial charge in [0.15, 0.2) is 0 Å². The van der Waals surface area contributed by atoms with Crippen molar-refractivity contribution in [2.75, 3.05) is 21.2 Å². The highest BCUT2D eigenvalue weighted by molar-refractivity contribution is 5.93. The molecule has 9 nitrogen and oxygen atoms in total. The van der Waals surface area contributed by atoms with Gasteiger partial charge < -0.3 is 19.7 Å². The highest BCUT2D eigenvalue weighted by atomic mass is 16.6. The van der Waals surface area contributed by atoms with Crippen LogP contribution in [0.4, 0.5) is 4.79 Å². The van der Waals surface area contributed by atoms with Crippen molar-refractivity contribution < 1.29 is 28.7 Å². The van der Waals surface area contributed by atoms with Crippen LogP contribution in [0.5, 0.6) is 0 Å². The number of carbonyl (C=O) groups is 4. The van der Waals surface area contributed by atoms with E-state index in [1.165, 1.54) is 12.0 Å². The Kier molecular flexibility index (Phi) is 12.6. The zero-order valence-corrected chi connectivity index (χ0v) is 29.0. The van der Waals surface area contributed by atoms with Gasteiger partial charge in [0.05, 0.1) is 13.2 Å². The number of hydrogen-bond acceptors (Lipinski definition) is 6. The Balaban J connectivity index is 3.64. The quantitative estimate of drug-likeness (QED) is 0.275. The fraction of sp³-hybridized carbons (Fsp3) is 0.647. The second-order valence-electron chi connectivity index (χ2n) is 14.4. The summed E-state index contributed by atoms with van der Waals surface area (Å²) in [4.78, 5) is 56.8. The largest absolute Gasteiger partial charge is 0.466 e. The van der Waals surface area contributed by atoms with Crippen LogP contribution >= 0.6 is 0 Å². The summed E-state index contributed by atoms with van der Waals surface area (Å²) in [5, 5.41) is 3.02. The third kappa shape index (κ3) is 10.1. The van der Waals surface area contributed by atoms with Gasteiger partial charge in [0.2, 0.25) is 11.8 Å². The zero-order valence-electron chi connectivity index (χ0n) is 29.0. The van der Waals surface area contributed by atoms with Crippen molar-refractivity contribution >= 4 is 23.9 Å². The van der Waals surface area contributed by atoms with Gasteiger partial charge in [-0.25, -0.2) is 9.59 Å². The number of benzene rings is 1. The molecule has 0 saturated heterocycles. The van der Waals surface area contributed by atoms with Crippen LogP contribution in [0.3, 0.4) is 0 Å². The summed E-state index contributed by atoms with van der Waals surface area (Å²) >= 11 is 0. The number of hydrogen-bond donors (Lipinski definition) is 1. The van der Waals surface area contributed by atoms with Crippen molar-refractivity contribution in [1.29, 1.82) is 0 Å². The minimum Gasteiger partial charge on any atom is -0.466 e. The van der Waals surface area contributed by atoms with E-state index in [9.17, 15) is 19.2 Å². The van der Waals surface area contributed by atoms with E-state index in [1.807, 2.05) is 79.7 Å². The molecule has 0 aliphatic heterocycles. The maximum absolute atomic E-state index is 14.3. The Morgan fingerprint density at radius 2 is 1.49 bits per heavy atom. The first kappa shape index (κ1) is 37.7. The number of carbonyl (C=O) groups excluding carboxylic acids is 4. The SMILES string of the molecule is COC(=O)/C(C)=C/[C@H](C(C)C)N(C)C(=O)[C@@H](NC(=O)[C@@H](N(C)C(=O)OC(C)(C)C)C(C)(C)c1cccc(C)c1)C(C)(C)C. The molecule has 0 bridgehead atoms. The minimum atomic E-state index is -1.02. The van der Waals surface area contributed by atoms with Gasteiger partial charge >= 0.3 is 12.1 Å². The van der Waals surface area contributed by atoms with Gasteiger partial charge in [-0.2, -0.15) is 0 Å². The smallest absolute Gasteiger partial charge is 0.410 e. The van der Waals surface area contributed by atoms with Crippen molar-refractivity contribution in [1.82, 2.24) is 15.1 Å². The van der Waals surface area contributed by atoms with Gasteiger partial charge in [-0.1, -0.05) is 84.4 Å². The van der Waals surface area contributed by atoms with Crippen LogP contribution in [0.15, 0.2) is 35.9 Å². The highest BCUT2D eigenvalue weighted by Crippen LogP contribution is 2.33. The molecule has 1 aromatic carbocycles. The van der Waals surface area contributed by atoms with Gasteiger partial charge in [-0.15, -0.1) is 0 Å². The van der Waals surface area contributed by atoms with Crippen LogP contribution in [-0.2, 0) is 29.3 Å². The number of nitrogens with one attached hydrogen (secondary N) is 1. The first-order chi connectivity index (χ1) is 19.4. The van der Waals surface area contributed by atoms with Crippen molar-refractivity contribution in [2.45, 2.75) is 112 Å². The molecule has 0 unspecified atom stereocenters. The Bertz CT molecular complexity index is 1190. The lowest BCUT2D eigenvalue weighted by atomic mass is 9.75. The van der Waals surface area contributed by atoms with E-state index in [0.29, 0.717) is 5.57 Å². The molecule has 0 heterocycles. The molecular formula is C34H55N3O6. The van der Waals surface area contributed by atoms with Crippen LogP contribution in [0.1, 0.15) is 87.3 Å². The van der Waals surface area contributed by atoms with Crippen molar-refractivity contribution in [3.05, 3.63) is 47.0 Å². The molecule has 3 atom stereocenters. The fourth-order valence-corrected chi connectivity index (χ4v) is 5.09. The number of rotatable bonds is 10. The van der Waals surface area contributed by atoms with E-state index in [4.69, 9.17) is 9.47 Å². The average molecular weight is 602 g/mol. The number of likely N-dealkylation sites (N-methyl/N-ethyl adjacent to an activating group) is 2. The summed E-state index contributed by atoms with van der Waals surface area (Å²) in [6.07, 6.45) is 1.07. The van der Waals surface area contributed by atoms with E-state index in [-0.39, 0.29) is 11.8 Å². The first-order valence-electron chi connectivity index (χ1n) is 14.8. The molecule has 3 amide bonds. The number of nitrogens with zero attached hydrogens (tertiary/aromatic N) is 2. The van der Waals surface area contributed by atoms with Gasteiger partial charge in [-0.3, -0.25) is 14.5 Å². The van der Waals surface area contributed by atoms with Gasteiger partial charge in [-0.05, 0) is 51.5 Å². The molecule has 1 rings (SSSR count). The van der Waals surface area contributed by atoms with Crippen molar-refractivity contribution in [3.63, 3.8) is 0 Å². The fourth-order valence-electron chi connectivity index (χ4n) is 5.09. The summed E-state index contributed by atoms with van der Waals surface area (Å²) in [6, 6.07) is 5.42. The first-order valence-corrected chi connectivity index (χ1v) is 14.8. The Morgan fingerprint density at radius 3 is 1.93 bits per heavy atom. The molecule has 0 fully saturated rings. The number of aryl methyl sites for hydroxylation is 1. The van der Waals surface area contributed by atoms with E-state index in [0.717, 1.165) is 11.1 Å². The molecule has 0 spiro atoms. The standard InChI is InChI=1S/C34H55N3O6/c1-21(2)25(20-23(4)30(40)42-15)36(13)29(39)26(32(5,6)7)35-28(38)27(37(14)31(41)43-33(8,9)10)34(11,12)24-18-16-17-22(3)19-24/h16-21,25-27H,1-15H3,(H,35,38)/b23-20+/t25-,26-,27-/m1/s1. The van der Waals surface area contributed by atoms with Gasteiger partial charge in [0, 0.05) is 25.1 Å². The molecule has 43 heavy (non-hydrogen) atoms. The monoisotopic (exact) mass is 601 g/mol. The third-order valence-electron chi connectivity index (χ3n) is 7.57. The zero-order chi connectivity index (χ0) is 33.7. The van der Waals surface area contributed by atoms with Crippen LogP contribution in [0, 0.1) is 18.3 Å². The van der Waals surface area contributed by atoms with E-state index >= 15 is 0 Å². The van der Waals surface area contributed by atoms with Gasteiger partial charge in [0.1, 0.15) is 17.7 Å².